The van der Waals surface area contributed by atoms with Crippen LogP contribution in [0.5, 0.6) is 0 Å². The maximum absolute atomic E-state index is 14.0. The molecule has 0 atom stereocenters. The van der Waals surface area contributed by atoms with Gasteiger partial charge in [-0.05, 0) is 57.2 Å². The Morgan fingerprint density at radius 2 is 1.77 bits per heavy atom. The van der Waals surface area contributed by atoms with E-state index in [1.807, 2.05) is 0 Å². The Hall–Kier alpha value is -3.72. The van der Waals surface area contributed by atoms with Gasteiger partial charge in [-0.1, -0.05) is 12.1 Å². The number of aliphatic hydroxyl groups is 1. The van der Waals surface area contributed by atoms with E-state index in [1.165, 1.54) is 54.7 Å². The second-order valence-electron chi connectivity index (χ2n) is 7.19. The van der Waals surface area contributed by atoms with E-state index in [0.717, 1.165) is 4.90 Å². The Bertz CT molecular complexity index is 1110. The van der Waals surface area contributed by atoms with Crippen LogP contribution < -0.4 is 10.2 Å². The summed E-state index contributed by atoms with van der Waals surface area (Å²) in [6.07, 6.45) is 1.39. The summed E-state index contributed by atoms with van der Waals surface area (Å²) in [6, 6.07) is 11.6. The summed E-state index contributed by atoms with van der Waals surface area (Å²) in [7, 11) is 0. The molecule has 7 nitrogen and oxygen atoms in total. The predicted octanol–water partition coefficient (Wildman–Crippen LogP) is 4.99. The maximum Gasteiger partial charge on any atom is 0.332 e. The summed E-state index contributed by atoms with van der Waals surface area (Å²) in [4.78, 5) is 26.7. The molecule has 31 heavy (non-hydrogen) atoms. The number of hydrogen-bond acceptors (Lipinski definition) is 5. The molecule has 1 aromatic heterocycles. The number of aliphatic imine (C=N–C) groups is 1. The lowest BCUT2D eigenvalue weighted by Crippen LogP contribution is -2.32. The molecule has 0 unspecified atom stereocenters. The number of urea groups is 1. The van der Waals surface area contributed by atoms with Gasteiger partial charge in [0.05, 0.1) is 17.0 Å². The van der Waals surface area contributed by atoms with Gasteiger partial charge in [-0.2, -0.15) is 4.98 Å². The minimum Gasteiger partial charge on any atom is -0.385 e. The number of carbonyl (C=O) groups is 1. The topological polar surface area (TPSA) is 90.7 Å². The van der Waals surface area contributed by atoms with Gasteiger partial charge in [-0.15, -0.1) is 0 Å². The molecule has 0 aliphatic heterocycles. The Balaban J connectivity index is 2.03. The van der Waals surface area contributed by atoms with E-state index in [1.54, 1.807) is 26.8 Å². The maximum atomic E-state index is 14.0. The van der Waals surface area contributed by atoms with E-state index < -0.39 is 23.3 Å². The standard InChI is InChI=1S/C22H21F2N5O2/c1-14(22(2,3)31)26-20-25-13-12-19(28-20)29(16-10-8-15(23)9-11-16)21(30)27-18-7-5-4-6-17(18)24/h4-13,31H,1-3H3,(H,27,30). The fourth-order valence-corrected chi connectivity index (χ4v) is 2.48. The number of nitrogens with zero attached hydrogens (tertiary/aromatic N) is 4. The summed E-state index contributed by atoms with van der Waals surface area (Å²) in [5.74, 6) is -0.948. The largest absolute Gasteiger partial charge is 0.385 e. The van der Waals surface area contributed by atoms with E-state index in [0.29, 0.717) is 11.4 Å². The molecule has 0 spiro atoms. The van der Waals surface area contributed by atoms with Gasteiger partial charge in [0.25, 0.3) is 5.95 Å². The van der Waals surface area contributed by atoms with Crippen LogP contribution in [-0.4, -0.2) is 32.4 Å². The summed E-state index contributed by atoms with van der Waals surface area (Å²) in [6.45, 7) is 4.77. The van der Waals surface area contributed by atoms with Crippen molar-refractivity contribution in [2.24, 2.45) is 4.99 Å². The molecule has 0 fully saturated rings. The van der Waals surface area contributed by atoms with Crippen LogP contribution in [0.25, 0.3) is 0 Å². The van der Waals surface area contributed by atoms with Gasteiger partial charge in [0.1, 0.15) is 17.5 Å². The number of para-hydroxylation sites is 1. The van der Waals surface area contributed by atoms with Crippen molar-refractivity contribution < 1.29 is 18.7 Å². The summed E-state index contributed by atoms with van der Waals surface area (Å²) < 4.78 is 27.5. The van der Waals surface area contributed by atoms with Gasteiger partial charge in [-0.25, -0.2) is 28.5 Å². The highest BCUT2D eigenvalue weighted by Crippen LogP contribution is 2.27. The number of nitrogens with one attached hydrogen (secondary N) is 1. The number of amides is 2. The number of benzene rings is 2. The van der Waals surface area contributed by atoms with Crippen molar-refractivity contribution in [3.8, 4) is 0 Å². The zero-order chi connectivity index (χ0) is 22.6. The highest BCUT2D eigenvalue weighted by atomic mass is 19.1. The molecule has 0 aliphatic rings. The molecule has 9 heteroatoms. The fourth-order valence-electron chi connectivity index (χ4n) is 2.48. The lowest BCUT2D eigenvalue weighted by Gasteiger charge is -2.22. The minimum absolute atomic E-state index is 0.0166. The van der Waals surface area contributed by atoms with Crippen LogP contribution in [-0.2, 0) is 0 Å². The zero-order valence-electron chi connectivity index (χ0n) is 17.2. The van der Waals surface area contributed by atoms with Crippen LogP contribution in [0.3, 0.4) is 0 Å². The number of hydrogen-bond donors (Lipinski definition) is 2. The van der Waals surface area contributed by atoms with Gasteiger partial charge in [0.2, 0.25) is 0 Å². The molecule has 0 bridgehead atoms. The molecule has 2 amide bonds. The quantitative estimate of drug-likeness (QED) is 0.564. The molecule has 0 saturated carbocycles. The Morgan fingerprint density at radius 1 is 1.10 bits per heavy atom. The number of rotatable bonds is 5. The van der Waals surface area contributed by atoms with Crippen LogP contribution in [0, 0.1) is 11.6 Å². The van der Waals surface area contributed by atoms with E-state index in [-0.39, 0.29) is 17.5 Å². The molecule has 0 aliphatic carbocycles. The van der Waals surface area contributed by atoms with Gasteiger partial charge < -0.3 is 10.4 Å². The summed E-state index contributed by atoms with van der Waals surface area (Å²) in [5.41, 5.74) is -0.542. The van der Waals surface area contributed by atoms with Crippen LogP contribution in [0.4, 0.5) is 36.7 Å². The molecule has 2 aromatic carbocycles. The van der Waals surface area contributed by atoms with Crippen molar-refractivity contribution in [2.45, 2.75) is 26.4 Å². The van der Waals surface area contributed by atoms with Crippen LogP contribution in [0.1, 0.15) is 20.8 Å². The first-order valence-corrected chi connectivity index (χ1v) is 9.37. The van der Waals surface area contributed by atoms with Crippen molar-refractivity contribution in [1.29, 1.82) is 0 Å². The number of carbonyl (C=O) groups excluding carboxylic acids is 1. The van der Waals surface area contributed by atoms with Crippen molar-refractivity contribution in [1.82, 2.24) is 9.97 Å². The highest BCUT2D eigenvalue weighted by molar-refractivity contribution is 6.06. The van der Waals surface area contributed by atoms with Crippen molar-refractivity contribution in [3.63, 3.8) is 0 Å². The first-order chi connectivity index (χ1) is 14.6. The van der Waals surface area contributed by atoms with E-state index >= 15 is 0 Å². The molecule has 1 heterocycles. The lowest BCUT2D eigenvalue weighted by molar-refractivity contribution is 0.153. The zero-order valence-corrected chi connectivity index (χ0v) is 17.2. The van der Waals surface area contributed by atoms with Crippen molar-refractivity contribution >= 4 is 34.9 Å². The lowest BCUT2D eigenvalue weighted by atomic mass is 10.1. The third-order valence-electron chi connectivity index (χ3n) is 4.41. The van der Waals surface area contributed by atoms with Gasteiger partial charge in [0.15, 0.2) is 0 Å². The minimum atomic E-state index is -1.18. The van der Waals surface area contributed by atoms with Gasteiger partial charge >= 0.3 is 6.03 Å². The fraction of sp³-hybridized carbons (Fsp3) is 0.182. The second kappa shape index (κ2) is 8.97. The van der Waals surface area contributed by atoms with Crippen LogP contribution >= 0.6 is 0 Å². The summed E-state index contributed by atoms with van der Waals surface area (Å²) >= 11 is 0. The number of aromatic nitrogens is 2. The Morgan fingerprint density at radius 3 is 2.42 bits per heavy atom. The van der Waals surface area contributed by atoms with Crippen molar-refractivity contribution in [2.75, 3.05) is 10.2 Å². The van der Waals surface area contributed by atoms with E-state index in [2.05, 4.69) is 20.3 Å². The van der Waals surface area contributed by atoms with Crippen molar-refractivity contribution in [3.05, 3.63) is 72.4 Å². The van der Waals surface area contributed by atoms with Crippen LogP contribution in [0.15, 0.2) is 65.8 Å². The summed E-state index contributed by atoms with van der Waals surface area (Å²) in [5, 5.41) is 12.6. The molecule has 3 rings (SSSR count). The first kappa shape index (κ1) is 22.0. The second-order valence-corrected chi connectivity index (χ2v) is 7.19. The highest BCUT2D eigenvalue weighted by Gasteiger charge is 2.22. The average molecular weight is 425 g/mol. The molecule has 2 N–H and O–H groups in total. The van der Waals surface area contributed by atoms with Gasteiger partial charge in [0, 0.05) is 18.0 Å². The van der Waals surface area contributed by atoms with E-state index in [9.17, 15) is 18.7 Å². The molecule has 160 valence electrons. The number of anilines is 3. The normalized spacial score (nSPS) is 11.9. The Labute approximate surface area is 178 Å². The molecule has 3 aromatic rings. The molecule has 0 radical (unpaired) electrons. The van der Waals surface area contributed by atoms with Gasteiger partial charge in [-0.3, -0.25) is 0 Å². The average Bonchev–Trinajstić information content (AvgIpc) is 2.71. The van der Waals surface area contributed by atoms with E-state index in [4.69, 9.17) is 0 Å². The third-order valence-corrected chi connectivity index (χ3v) is 4.41. The predicted molar refractivity (Wildman–Crippen MR) is 115 cm³/mol. The Kier molecular flexibility index (Phi) is 6.36. The molecule has 0 saturated heterocycles. The molecular weight excluding hydrogens is 404 g/mol. The smallest absolute Gasteiger partial charge is 0.332 e. The monoisotopic (exact) mass is 425 g/mol. The number of halogens is 2. The van der Waals surface area contributed by atoms with Crippen LogP contribution in [0.2, 0.25) is 0 Å². The SMILES string of the molecule is CC(=Nc1nccc(N(C(=O)Nc2ccccc2F)c2ccc(F)cc2)n1)C(C)(C)O. The first-order valence-electron chi connectivity index (χ1n) is 9.37. The third kappa shape index (κ3) is 5.46. The molecular formula is C22H21F2N5O2.